The van der Waals surface area contributed by atoms with Crippen LogP contribution in [0.15, 0.2) is 18.2 Å². The predicted molar refractivity (Wildman–Crippen MR) is 64.2 cm³/mol. The van der Waals surface area contributed by atoms with Crippen molar-refractivity contribution in [3.63, 3.8) is 0 Å². The molecule has 4 N–H and O–H groups in total. The van der Waals surface area contributed by atoms with Crippen LogP contribution in [-0.2, 0) is 0 Å². The number of nitrogens with one attached hydrogen (secondary N) is 1. The van der Waals surface area contributed by atoms with E-state index in [0.29, 0.717) is 11.3 Å². The lowest BCUT2D eigenvalue weighted by molar-refractivity contribution is 0.0869. The van der Waals surface area contributed by atoms with Gasteiger partial charge in [-0.15, -0.1) is 0 Å². The normalized spacial score (nSPS) is 11.2. The Kier molecular flexibility index (Phi) is 3.55. The third kappa shape index (κ3) is 2.73. The van der Waals surface area contributed by atoms with E-state index in [0.717, 1.165) is 5.56 Å². The number of aliphatic hydroxyl groups excluding tert-OH is 1. The average Bonchev–Trinajstić information content (AvgIpc) is 2.21. The first kappa shape index (κ1) is 12.5. The molecule has 0 aliphatic heterocycles. The van der Waals surface area contributed by atoms with E-state index < -0.39 is 5.54 Å². The summed E-state index contributed by atoms with van der Waals surface area (Å²) in [4.78, 5) is 11.9. The second-order valence-electron chi connectivity index (χ2n) is 4.52. The summed E-state index contributed by atoms with van der Waals surface area (Å²) in [5, 5.41) is 11.8. The molecule has 88 valence electrons. The van der Waals surface area contributed by atoms with Crippen molar-refractivity contribution in [3.05, 3.63) is 29.3 Å². The highest BCUT2D eigenvalue weighted by Gasteiger charge is 2.21. The lowest BCUT2D eigenvalue weighted by Crippen LogP contribution is -2.46. The van der Waals surface area contributed by atoms with Crippen molar-refractivity contribution in [2.75, 3.05) is 12.3 Å². The van der Waals surface area contributed by atoms with Gasteiger partial charge in [0.2, 0.25) is 0 Å². The summed E-state index contributed by atoms with van der Waals surface area (Å²) in [5.74, 6) is -0.219. The first-order valence-corrected chi connectivity index (χ1v) is 5.16. The first-order valence-electron chi connectivity index (χ1n) is 5.16. The number of amides is 1. The summed E-state index contributed by atoms with van der Waals surface area (Å²) in [7, 11) is 0. The van der Waals surface area contributed by atoms with E-state index in [2.05, 4.69) is 5.32 Å². The largest absolute Gasteiger partial charge is 0.398 e. The van der Waals surface area contributed by atoms with Crippen molar-refractivity contribution >= 4 is 11.6 Å². The topological polar surface area (TPSA) is 75.4 Å². The summed E-state index contributed by atoms with van der Waals surface area (Å²) in [6, 6.07) is 5.21. The number of aliphatic hydroxyl groups is 1. The van der Waals surface area contributed by atoms with Crippen LogP contribution in [0.1, 0.15) is 29.8 Å². The zero-order valence-corrected chi connectivity index (χ0v) is 9.87. The molecule has 16 heavy (non-hydrogen) atoms. The zero-order chi connectivity index (χ0) is 12.3. The van der Waals surface area contributed by atoms with E-state index in [1.165, 1.54) is 0 Å². The lowest BCUT2D eigenvalue weighted by atomic mass is 10.0. The number of rotatable bonds is 3. The fourth-order valence-corrected chi connectivity index (χ4v) is 1.31. The van der Waals surface area contributed by atoms with Crippen molar-refractivity contribution in [2.24, 2.45) is 0 Å². The second-order valence-corrected chi connectivity index (χ2v) is 4.52. The molecule has 4 heteroatoms. The van der Waals surface area contributed by atoms with E-state index in [4.69, 9.17) is 10.8 Å². The standard InChI is InChI=1S/C12H18N2O2/c1-8-9(5-4-6-10(8)13)11(16)14-12(2,3)7-15/h4-6,15H,7,13H2,1-3H3,(H,14,16). The fourth-order valence-electron chi connectivity index (χ4n) is 1.31. The predicted octanol–water partition coefficient (Wildman–Crippen LogP) is 1.08. The van der Waals surface area contributed by atoms with Gasteiger partial charge >= 0.3 is 0 Å². The number of anilines is 1. The van der Waals surface area contributed by atoms with E-state index in [1.54, 1.807) is 39.0 Å². The highest BCUT2D eigenvalue weighted by Crippen LogP contribution is 2.16. The minimum atomic E-state index is -0.631. The molecular formula is C12H18N2O2. The molecule has 1 amide bonds. The molecule has 0 saturated heterocycles. The van der Waals surface area contributed by atoms with Gasteiger partial charge in [0.1, 0.15) is 0 Å². The molecule has 0 saturated carbocycles. The van der Waals surface area contributed by atoms with Crippen LogP contribution in [0.4, 0.5) is 5.69 Å². The Morgan fingerprint density at radius 1 is 1.50 bits per heavy atom. The van der Waals surface area contributed by atoms with E-state index in [1.807, 2.05) is 0 Å². The van der Waals surface area contributed by atoms with Crippen LogP contribution in [0, 0.1) is 6.92 Å². The number of nitrogens with two attached hydrogens (primary N) is 1. The maximum Gasteiger partial charge on any atom is 0.252 e. The first-order chi connectivity index (χ1) is 7.37. The fraction of sp³-hybridized carbons (Fsp3) is 0.417. The molecular weight excluding hydrogens is 204 g/mol. The molecule has 0 aliphatic carbocycles. The lowest BCUT2D eigenvalue weighted by Gasteiger charge is -2.24. The summed E-state index contributed by atoms with van der Waals surface area (Å²) >= 11 is 0. The van der Waals surface area contributed by atoms with Gasteiger partial charge in [-0.3, -0.25) is 4.79 Å². The summed E-state index contributed by atoms with van der Waals surface area (Å²) < 4.78 is 0. The minimum absolute atomic E-state index is 0.111. The average molecular weight is 222 g/mol. The van der Waals surface area contributed by atoms with Gasteiger partial charge in [-0.25, -0.2) is 0 Å². The highest BCUT2D eigenvalue weighted by atomic mass is 16.3. The van der Waals surface area contributed by atoms with Crippen LogP contribution < -0.4 is 11.1 Å². The Morgan fingerprint density at radius 3 is 2.69 bits per heavy atom. The van der Waals surface area contributed by atoms with Gasteiger partial charge in [-0.1, -0.05) is 6.07 Å². The number of nitrogen functional groups attached to an aromatic ring is 1. The smallest absolute Gasteiger partial charge is 0.252 e. The monoisotopic (exact) mass is 222 g/mol. The number of benzene rings is 1. The molecule has 4 nitrogen and oxygen atoms in total. The molecule has 0 atom stereocenters. The van der Waals surface area contributed by atoms with Gasteiger partial charge in [0, 0.05) is 11.3 Å². The number of carbonyl (C=O) groups excluding carboxylic acids is 1. The molecule has 0 aliphatic rings. The van der Waals surface area contributed by atoms with Crippen LogP contribution in [-0.4, -0.2) is 23.2 Å². The molecule has 0 aromatic heterocycles. The Bertz CT molecular complexity index is 400. The molecule has 1 aromatic carbocycles. The quantitative estimate of drug-likeness (QED) is 0.670. The van der Waals surface area contributed by atoms with Gasteiger partial charge < -0.3 is 16.2 Å². The molecule has 0 unspecified atom stereocenters. The Hall–Kier alpha value is -1.55. The Labute approximate surface area is 95.5 Å². The number of carbonyl (C=O) groups is 1. The maximum absolute atomic E-state index is 11.9. The summed E-state index contributed by atoms with van der Waals surface area (Å²) in [5.41, 5.74) is 6.99. The Balaban J connectivity index is 2.94. The molecule has 0 fully saturated rings. The maximum atomic E-state index is 11.9. The second kappa shape index (κ2) is 4.53. The van der Waals surface area contributed by atoms with Gasteiger partial charge in [0.25, 0.3) is 5.91 Å². The summed E-state index contributed by atoms with van der Waals surface area (Å²) in [6.07, 6.45) is 0. The minimum Gasteiger partial charge on any atom is -0.398 e. The van der Waals surface area contributed by atoms with Gasteiger partial charge in [0.15, 0.2) is 0 Å². The Morgan fingerprint density at radius 2 is 2.12 bits per heavy atom. The van der Waals surface area contributed by atoms with E-state index in [-0.39, 0.29) is 12.5 Å². The van der Waals surface area contributed by atoms with Crippen molar-refractivity contribution in [3.8, 4) is 0 Å². The van der Waals surface area contributed by atoms with E-state index >= 15 is 0 Å². The van der Waals surface area contributed by atoms with Crippen molar-refractivity contribution in [2.45, 2.75) is 26.3 Å². The van der Waals surface area contributed by atoms with E-state index in [9.17, 15) is 4.79 Å². The molecule has 0 heterocycles. The third-order valence-corrected chi connectivity index (χ3v) is 2.47. The molecule has 1 aromatic rings. The van der Waals surface area contributed by atoms with Gasteiger partial charge in [-0.05, 0) is 38.5 Å². The van der Waals surface area contributed by atoms with Crippen LogP contribution in [0.3, 0.4) is 0 Å². The van der Waals surface area contributed by atoms with Gasteiger partial charge in [-0.2, -0.15) is 0 Å². The SMILES string of the molecule is Cc1c(N)cccc1C(=O)NC(C)(C)CO. The molecule has 0 radical (unpaired) electrons. The number of hydrogen-bond acceptors (Lipinski definition) is 3. The van der Waals surface area contributed by atoms with Crippen LogP contribution in [0.25, 0.3) is 0 Å². The zero-order valence-electron chi connectivity index (χ0n) is 9.87. The summed E-state index contributed by atoms with van der Waals surface area (Å²) in [6.45, 7) is 5.20. The number of hydrogen-bond donors (Lipinski definition) is 3. The van der Waals surface area contributed by atoms with Crippen molar-refractivity contribution in [1.29, 1.82) is 0 Å². The van der Waals surface area contributed by atoms with Crippen LogP contribution >= 0.6 is 0 Å². The highest BCUT2D eigenvalue weighted by molar-refractivity contribution is 5.97. The molecule has 0 bridgehead atoms. The third-order valence-electron chi connectivity index (χ3n) is 2.47. The molecule has 1 rings (SSSR count). The van der Waals surface area contributed by atoms with Crippen LogP contribution in [0.5, 0.6) is 0 Å². The van der Waals surface area contributed by atoms with Gasteiger partial charge in [0.05, 0.1) is 12.1 Å². The molecule has 0 spiro atoms. The van der Waals surface area contributed by atoms with Crippen molar-refractivity contribution < 1.29 is 9.90 Å². The van der Waals surface area contributed by atoms with Crippen molar-refractivity contribution in [1.82, 2.24) is 5.32 Å². The van der Waals surface area contributed by atoms with Crippen LogP contribution in [0.2, 0.25) is 0 Å².